The highest BCUT2D eigenvalue weighted by Gasteiger charge is 2.42. The van der Waals surface area contributed by atoms with Gasteiger partial charge in [0, 0.05) is 12.5 Å². The van der Waals surface area contributed by atoms with Crippen LogP contribution >= 0.6 is 0 Å². The second-order valence-electron chi connectivity index (χ2n) is 6.02. The minimum absolute atomic E-state index is 0.472. The van der Waals surface area contributed by atoms with Gasteiger partial charge in [0.25, 0.3) is 0 Å². The Kier molecular flexibility index (Phi) is 5.68. The molecule has 98 valence electrons. The molecule has 1 rings (SSSR count). The lowest BCUT2D eigenvalue weighted by Crippen LogP contribution is -2.48. The van der Waals surface area contributed by atoms with Gasteiger partial charge in [0.1, 0.15) is 0 Å². The molecule has 1 heterocycles. The second kappa shape index (κ2) is 6.56. The highest BCUT2D eigenvalue weighted by Crippen LogP contribution is 2.40. The molecule has 1 saturated heterocycles. The van der Waals surface area contributed by atoms with E-state index in [1.165, 1.54) is 24.9 Å². The maximum absolute atomic E-state index is 8.68. The van der Waals surface area contributed by atoms with Crippen molar-refractivity contribution in [2.75, 3.05) is 0 Å². The Morgan fingerprint density at radius 1 is 1.35 bits per heavy atom. The fourth-order valence-corrected chi connectivity index (χ4v) is 7.34. The second-order valence-corrected chi connectivity index (χ2v) is 10.5. The molecule has 1 aliphatic heterocycles. The molecule has 1 fully saturated rings. The van der Waals surface area contributed by atoms with Crippen molar-refractivity contribution in [1.82, 2.24) is 0 Å². The van der Waals surface area contributed by atoms with Gasteiger partial charge >= 0.3 is 0 Å². The highest BCUT2D eigenvalue weighted by molar-refractivity contribution is 6.75. The molecule has 2 unspecified atom stereocenters. The number of rotatable bonds is 5. The Balaban J connectivity index is 2.66. The van der Waals surface area contributed by atoms with Crippen LogP contribution in [0.4, 0.5) is 0 Å². The summed E-state index contributed by atoms with van der Waals surface area (Å²) in [6, 6.07) is 4.75. The van der Waals surface area contributed by atoms with Gasteiger partial charge in [-0.25, -0.2) is 0 Å². The van der Waals surface area contributed by atoms with Crippen LogP contribution in [0.1, 0.15) is 53.4 Å². The molecular weight excluding hydrogens is 226 g/mol. The molecule has 17 heavy (non-hydrogen) atoms. The van der Waals surface area contributed by atoms with E-state index in [0.29, 0.717) is 24.0 Å². The molecule has 0 aliphatic carbocycles. The molecule has 0 amide bonds. The molecule has 0 saturated carbocycles. The van der Waals surface area contributed by atoms with Crippen molar-refractivity contribution in [2.24, 2.45) is 5.92 Å². The number of nitrogens with zero attached hydrogens (tertiary/aromatic N) is 1. The van der Waals surface area contributed by atoms with E-state index in [2.05, 4.69) is 33.8 Å². The first-order valence-electron chi connectivity index (χ1n) is 7.06. The Labute approximate surface area is 107 Å². The largest absolute Gasteiger partial charge is 0.413 e. The van der Waals surface area contributed by atoms with E-state index in [-0.39, 0.29) is 0 Å². The van der Waals surface area contributed by atoms with Crippen LogP contribution in [0.5, 0.6) is 0 Å². The molecule has 2 nitrogen and oxygen atoms in total. The van der Waals surface area contributed by atoms with E-state index in [4.69, 9.17) is 9.69 Å². The first kappa shape index (κ1) is 14.7. The van der Waals surface area contributed by atoms with E-state index in [9.17, 15) is 0 Å². The Hall–Kier alpha value is -0.333. The van der Waals surface area contributed by atoms with Gasteiger partial charge in [-0.15, -0.1) is 0 Å². The van der Waals surface area contributed by atoms with Crippen LogP contribution in [0.2, 0.25) is 17.6 Å². The van der Waals surface area contributed by atoms with Crippen LogP contribution < -0.4 is 0 Å². The lowest BCUT2D eigenvalue weighted by molar-refractivity contribution is 0.107. The fourth-order valence-electron chi connectivity index (χ4n) is 2.86. The van der Waals surface area contributed by atoms with Gasteiger partial charge < -0.3 is 4.43 Å². The van der Waals surface area contributed by atoms with Crippen molar-refractivity contribution in [3.05, 3.63) is 0 Å². The molecule has 0 N–H and O–H groups in total. The van der Waals surface area contributed by atoms with Crippen LogP contribution in [0, 0.1) is 17.2 Å². The minimum Gasteiger partial charge on any atom is -0.413 e. The van der Waals surface area contributed by atoms with Crippen molar-refractivity contribution in [1.29, 1.82) is 5.26 Å². The lowest BCUT2D eigenvalue weighted by atomic mass is 10.0. The van der Waals surface area contributed by atoms with Gasteiger partial charge in [-0.3, -0.25) is 0 Å². The summed E-state index contributed by atoms with van der Waals surface area (Å²) in [6.45, 7) is 9.18. The quantitative estimate of drug-likeness (QED) is 0.534. The summed E-state index contributed by atoms with van der Waals surface area (Å²) in [7, 11) is -1.57. The van der Waals surface area contributed by atoms with E-state index < -0.39 is 8.32 Å². The first-order chi connectivity index (χ1) is 8.02. The number of unbranched alkanes of at least 4 members (excludes halogenated alkanes) is 1. The van der Waals surface area contributed by atoms with Crippen molar-refractivity contribution in [2.45, 2.75) is 77.1 Å². The molecule has 0 bridgehead atoms. The van der Waals surface area contributed by atoms with Gasteiger partial charge in [-0.2, -0.15) is 5.26 Å². The summed E-state index contributed by atoms with van der Waals surface area (Å²) in [5.74, 6) is 0.636. The summed E-state index contributed by atoms with van der Waals surface area (Å²) >= 11 is 0. The average molecular weight is 253 g/mol. The van der Waals surface area contributed by atoms with Crippen LogP contribution in [-0.4, -0.2) is 14.4 Å². The Morgan fingerprint density at radius 2 is 2.06 bits per heavy atom. The molecule has 0 aromatic heterocycles. The van der Waals surface area contributed by atoms with E-state index in [1.54, 1.807) is 0 Å². The third-order valence-electron chi connectivity index (χ3n) is 4.16. The van der Waals surface area contributed by atoms with Gasteiger partial charge in [0.2, 0.25) is 0 Å². The highest BCUT2D eigenvalue weighted by atomic mass is 28.4. The van der Waals surface area contributed by atoms with Crippen LogP contribution in [0.15, 0.2) is 0 Å². The Bertz CT molecular complexity index is 272. The van der Waals surface area contributed by atoms with E-state index in [0.717, 1.165) is 6.42 Å². The van der Waals surface area contributed by atoms with Crippen molar-refractivity contribution < 1.29 is 4.43 Å². The monoisotopic (exact) mass is 253 g/mol. The third kappa shape index (κ3) is 3.82. The average Bonchev–Trinajstić information content (AvgIpc) is 2.29. The Morgan fingerprint density at radius 3 is 2.59 bits per heavy atom. The number of hydrogen-bond donors (Lipinski definition) is 0. The predicted molar refractivity (Wildman–Crippen MR) is 74.3 cm³/mol. The van der Waals surface area contributed by atoms with Crippen LogP contribution in [0.25, 0.3) is 0 Å². The molecule has 0 spiro atoms. The molecule has 3 heteroatoms. The fraction of sp³-hybridized carbons (Fsp3) is 0.929. The normalized spacial score (nSPS) is 29.6. The number of hydrogen-bond acceptors (Lipinski definition) is 2. The first-order valence-corrected chi connectivity index (χ1v) is 9.46. The van der Waals surface area contributed by atoms with Crippen LogP contribution in [0.3, 0.4) is 0 Å². The SMILES string of the molecule is CC(C)C1CCC[Si](CCCC#N)(C(C)C)O1. The van der Waals surface area contributed by atoms with E-state index in [1.807, 2.05) is 0 Å². The molecule has 1 aliphatic rings. The van der Waals surface area contributed by atoms with Crippen molar-refractivity contribution in [3.63, 3.8) is 0 Å². The van der Waals surface area contributed by atoms with Gasteiger partial charge in [0.15, 0.2) is 8.32 Å². The maximum Gasteiger partial charge on any atom is 0.195 e. The molecule has 0 radical (unpaired) electrons. The number of nitriles is 1. The van der Waals surface area contributed by atoms with Crippen molar-refractivity contribution in [3.8, 4) is 6.07 Å². The van der Waals surface area contributed by atoms with Gasteiger partial charge in [-0.05, 0) is 36.4 Å². The van der Waals surface area contributed by atoms with E-state index >= 15 is 0 Å². The van der Waals surface area contributed by atoms with Crippen LogP contribution in [-0.2, 0) is 4.43 Å². The standard InChI is InChI=1S/C14H27NOSi/c1-12(2)14-8-7-11-17(16-14,13(3)4)10-6-5-9-15/h12-14H,5-8,10-11H2,1-4H3. The summed E-state index contributed by atoms with van der Waals surface area (Å²) in [4.78, 5) is 0. The topological polar surface area (TPSA) is 33.0 Å². The smallest absolute Gasteiger partial charge is 0.195 e. The summed E-state index contributed by atoms with van der Waals surface area (Å²) in [6.07, 6.45) is 4.76. The zero-order valence-electron chi connectivity index (χ0n) is 11.8. The summed E-state index contributed by atoms with van der Waals surface area (Å²) in [5, 5.41) is 8.68. The molecular formula is C14H27NOSi. The van der Waals surface area contributed by atoms with Gasteiger partial charge in [0.05, 0.1) is 6.07 Å². The molecule has 2 atom stereocenters. The zero-order valence-corrected chi connectivity index (χ0v) is 12.8. The molecule has 0 aromatic rings. The summed E-state index contributed by atoms with van der Waals surface area (Å²) < 4.78 is 6.57. The zero-order chi connectivity index (χ0) is 12.9. The third-order valence-corrected chi connectivity index (χ3v) is 9.44. The molecule has 0 aromatic carbocycles. The van der Waals surface area contributed by atoms with Crippen molar-refractivity contribution >= 4 is 8.32 Å². The van der Waals surface area contributed by atoms with Gasteiger partial charge in [-0.1, -0.05) is 34.1 Å². The summed E-state index contributed by atoms with van der Waals surface area (Å²) in [5.41, 5.74) is 0.683. The maximum atomic E-state index is 8.68. The predicted octanol–water partition coefficient (Wildman–Crippen LogP) is 4.48. The lowest BCUT2D eigenvalue weighted by Gasteiger charge is -2.44. The minimum atomic E-state index is -1.57.